The van der Waals surface area contributed by atoms with E-state index in [1.807, 2.05) is 12.1 Å². The SMILES string of the molecule is CC1C(=O)NC(=O)CN1c1nc2ccccn2c1CO. The highest BCUT2D eigenvalue weighted by Crippen LogP contribution is 2.24. The smallest absolute Gasteiger partial charge is 0.249 e. The largest absolute Gasteiger partial charge is 0.390 e. The topological polar surface area (TPSA) is 86.9 Å². The van der Waals surface area contributed by atoms with Gasteiger partial charge in [0, 0.05) is 6.20 Å². The van der Waals surface area contributed by atoms with Crippen LogP contribution in [-0.2, 0) is 16.2 Å². The van der Waals surface area contributed by atoms with Gasteiger partial charge in [-0.05, 0) is 19.1 Å². The van der Waals surface area contributed by atoms with Crippen molar-refractivity contribution < 1.29 is 14.7 Å². The van der Waals surface area contributed by atoms with Gasteiger partial charge in [0.2, 0.25) is 11.8 Å². The molecule has 1 atom stereocenters. The Balaban J connectivity index is 2.13. The third-order valence-corrected chi connectivity index (χ3v) is 3.45. The summed E-state index contributed by atoms with van der Waals surface area (Å²) in [5.41, 5.74) is 1.23. The Morgan fingerprint density at radius 2 is 2.25 bits per heavy atom. The molecule has 1 fully saturated rings. The molecule has 2 aromatic rings. The van der Waals surface area contributed by atoms with Crippen molar-refractivity contribution in [3.05, 3.63) is 30.1 Å². The minimum atomic E-state index is -0.511. The van der Waals surface area contributed by atoms with E-state index in [1.54, 1.807) is 28.5 Å². The molecule has 3 rings (SSSR count). The maximum atomic E-state index is 11.7. The predicted octanol–water partition coefficient (Wildman–Crippen LogP) is -0.322. The van der Waals surface area contributed by atoms with Crippen LogP contribution >= 0.6 is 0 Å². The van der Waals surface area contributed by atoms with Crippen molar-refractivity contribution in [1.29, 1.82) is 0 Å². The third-order valence-electron chi connectivity index (χ3n) is 3.45. The molecule has 0 saturated carbocycles. The van der Waals surface area contributed by atoms with Gasteiger partial charge in [0.1, 0.15) is 11.7 Å². The molecule has 0 aromatic carbocycles. The second-order valence-corrected chi connectivity index (χ2v) is 4.69. The lowest BCUT2D eigenvalue weighted by molar-refractivity contribution is -0.132. The highest BCUT2D eigenvalue weighted by molar-refractivity contribution is 6.04. The van der Waals surface area contributed by atoms with E-state index in [9.17, 15) is 14.7 Å². The molecule has 1 unspecified atom stereocenters. The predicted molar refractivity (Wildman–Crippen MR) is 71.1 cm³/mol. The zero-order valence-electron chi connectivity index (χ0n) is 10.9. The van der Waals surface area contributed by atoms with Gasteiger partial charge in [0.15, 0.2) is 5.82 Å². The number of pyridine rings is 1. The highest BCUT2D eigenvalue weighted by Gasteiger charge is 2.33. The van der Waals surface area contributed by atoms with Crippen LogP contribution in [-0.4, -0.2) is 38.9 Å². The van der Waals surface area contributed by atoms with Crippen LogP contribution in [0, 0.1) is 0 Å². The Labute approximate surface area is 114 Å². The van der Waals surface area contributed by atoms with Crippen LogP contribution in [0.5, 0.6) is 0 Å². The molecule has 7 heteroatoms. The van der Waals surface area contributed by atoms with Crippen molar-refractivity contribution in [2.45, 2.75) is 19.6 Å². The highest BCUT2D eigenvalue weighted by atomic mass is 16.3. The molecule has 0 spiro atoms. The number of amides is 2. The van der Waals surface area contributed by atoms with Gasteiger partial charge in [-0.3, -0.25) is 19.3 Å². The first kappa shape index (κ1) is 12.6. The van der Waals surface area contributed by atoms with E-state index in [0.717, 1.165) is 0 Å². The molecule has 1 aliphatic rings. The Morgan fingerprint density at radius 3 is 3.00 bits per heavy atom. The number of anilines is 1. The normalized spacial score (nSPS) is 19.5. The summed E-state index contributed by atoms with van der Waals surface area (Å²) in [6.07, 6.45) is 1.79. The summed E-state index contributed by atoms with van der Waals surface area (Å²) in [6.45, 7) is 1.52. The number of rotatable bonds is 2. The van der Waals surface area contributed by atoms with Crippen molar-refractivity contribution >= 4 is 23.3 Å². The number of nitrogens with zero attached hydrogens (tertiary/aromatic N) is 3. The maximum Gasteiger partial charge on any atom is 0.249 e. The molecule has 0 bridgehead atoms. The molecule has 0 aliphatic carbocycles. The number of aromatic nitrogens is 2. The van der Waals surface area contributed by atoms with E-state index in [-0.39, 0.29) is 25.0 Å². The van der Waals surface area contributed by atoms with Gasteiger partial charge >= 0.3 is 0 Å². The molecule has 20 heavy (non-hydrogen) atoms. The summed E-state index contributed by atoms with van der Waals surface area (Å²) < 4.78 is 1.75. The van der Waals surface area contributed by atoms with Crippen molar-refractivity contribution in [1.82, 2.24) is 14.7 Å². The van der Waals surface area contributed by atoms with Crippen molar-refractivity contribution in [3.8, 4) is 0 Å². The molecule has 3 heterocycles. The molecule has 7 nitrogen and oxygen atoms in total. The molecule has 2 amide bonds. The molecule has 1 aliphatic heterocycles. The minimum Gasteiger partial charge on any atom is -0.390 e. The number of imide groups is 1. The second-order valence-electron chi connectivity index (χ2n) is 4.69. The number of hydrogen-bond donors (Lipinski definition) is 2. The average molecular weight is 274 g/mol. The number of carbonyl (C=O) groups is 2. The quantitative estimate of drug-likeness (QED) is 0.733. The van der Waals surface area contributed by atoms with E-state index >= 15 is 0 Å². The van der Waals surface area contributed by atoms with Gasteiger partial charge in [-0.1, -0.05) is 6.07 Å². The van der Waals surface area contributed by atoms with Crippen LogP contribution in [0.15, 0.2) is 24.4 Å². The molecule has 104 valence electrons. The average Bonchev–Trinajstić information content (AvgIpc) is 2.81. The minimum absolute atomic E-state index is 0.0454. The van der Waals surface area contributed by atoms with E-state index in [0.29, 0.717) is 17.2 Å². The number of aliphatic hydroxyl groups excluding tert-OH is 1. The molecule has 2 N–H and O–H groups in total. The third kappa shape index (κ3) is 1.83. The number of fused-ring (bicyclic) bond motifs is 1. The number of carbonyl (C=O) groups excluding carboxylic acids is 2. The zero-order valence-corrected chi connectivity index (χ0v) is 10.9. The molecular weight excluding hydrogens is 260 g/mol. The molecule has 2 aromatic heterocycles. The Bertz CT molecular complexity index is 694. The number of piperazine rings is 1. The van der Waals surface area contributed by atoms with E-state index in [1.165, 1.54) is 0 Å². The van der Waals surface area contributed by atoms with Crippen molar-refractivity contribution in [3.63, 3.8) is 0 Å². The first-order valence-corrected chi connectivity index (χ1v) is 6.29. The lowest BCUT2D eigenvalue weighted by Crippen LogP contribution is -2.57. The van der Waals surface area contributed by atoms with E-state index in [4.69, 9.17) is 0 Å². The molecule has 1 saturated heterocycles. The van der Waals surface area contributed by atoms with Crippen molar-refractivity contribution in [2.24, 2.45) is 0 Å². The van der Waals surface area contributed by atoms with Crippen molar-refractivity contribution in [2.75, 3.05) is 11.4 Å². The summed E-state index contributed by atoms with van der Waals surface area (Å²) in [5, 5.41) is 11.9. The van der Waals surface area contributed by atoms with Gasteiger partial charge in [-0.15, -0.1) is 0 Å². The van der Waals surface area contributed by atoms with Gasteiger partial charge in [0.25, 0.3) is 0 Å². The first-order chi connectivity index (χ1) is 9.61. The number of hydrogen-bond acceptors (Lipinski definition) is 5. The lowest BCUT2D eigenvalue weighted by atomic mass is 10.2. The first-order valence-electron chi connectivity index (χ1n) is 6.29. The Hall–Kier alpha value is -2.41. The number of imidazole rings is 1. The fourth-order valence-corrected chi connectivity index (χ4v) is 2.38. The van der Waals surface area contributed by atoms with Crippen LogP contribution < -0.4 is 10.2 Å². The monoisotopic (exact) mass is 274 g/mol. The summed E-state index contributed by atoms with van der Waals surface area (Å²) in [6, 6.07) is 4.96. The van der Waals surface area contributed by atoms with E-state index < -0.39 is 6.04 Å². The lowest BCUT2D eigenvalue weighted by Gasteiger charge is -2.32. The van der Waals surface area contributed by atoms with Crippen LogP contribution in [0.4, 0.5) is 5.82 Å². The van der Waals surface area contributed by atoms with Gasteiger partial charge < -0.3 is 10.0 Å². The Kier molecular flexibility index (Phi) is 2.90. The van der Waals surface area contributed by atoms with Crippen LogP contribution in [0.25, 0.3) is 5.65 Å². The van der Waals surface area contributed by atoms with Crippen LogP contribution in [0.3, 0.4) is 0 Å². The summed E-state index contributed by atoms with van der Waals surface area (Å²) in [5.74, 6) is -0.259. The number of aliphatic hydroxyl groups is 1. The number of nitrogens with one attached hydrogen (secondary N) is 1. The van der Waals surface area contributed by atoms with Crippen LogP contribution in [0.2, 0.25) is 0 Å². The van der Waals surface area contributed by atoms with Gasteiger partial charge in [-0.25, -0.2) is 4.98 Å². The van der Waals surface area contributed by atoms with Crippen LogP contribution in [0.1, 0.15) is 12.6 Å². The fraction of sp³-hybridized carbons (Fsp3) is 0.308. The van der Waals surface area contributed by atoms with E-state index in [2.05, 4.69) is 10.3 Å². The molecular formula is C13H14N4O3. The second kappa shape index (κ2) is 4.61. The Morgan fingerprint density at radius 1 is 1.45 bits per heavy atom. The summed E-state index contributed by atoms with van der Waals surface area (Å²) in [4.78, 5) is 29.3. The molecule has 0 radical (unpaired) electrons. The maximum absolute atomic E-state index is 11.7. The van der Waals surface area contributed by atoms with Gasteiger partial charge in [0.05, 0.1) is 18.8 Å². The zero-order chi connectivity index (χ0) is 14.3. The van der Waals surface area contributed by atoms with Gasteiger partial charge in [-0.2, -0.15) is 0 Å². The summed E-state index contributed by atoms with van der Waals surface area (Å²) >= 11 is 0. The summed E-state index contributed by atoms with van der Waals surface area (Å²) in [7, 11) is 0. The fourth-order valence-electron chi connectivity index (χ4n) is 2.38. The standard InChI is InChI=1S/C13H14N4O3/c1-8-13(20)15-11(19)6-17(8)12-9(7-18)16-5-3-2-4-10(16)14-12/h2-5,8,18H,6-7H2,1H3,(H,15,19,20).